The summed E-state index contributed by atoms with van der Waals surface area (Å²) in [6.07, 6.45) is 3.06. The number of ketones is 1. The molecule has 1 aliphatic rings. The summed E-state index contributed by atoms with van der Waals surface area (Å²) in [5.74, 6) is 1.14. The lowest BCUT2D eigenvalue weighted by atomic mass is 10.1. The molecule has 5 nitrogen and oxygen atoms in total. The highest BCUT2D eigenvalue weighted by Gasteiger charge is 2.21. The molecule has 0 saturated heterocycles. The second kappa shape index (κ2) is 4.84. The molecular formula is C14H16N4O. The minimum absolute atomic E-state index is 0.232. The van der Waals surface area contributed by atoms with E-state index < -0.39 is 0 Å². The van der Waals surface area contributed by atoms with E-state index in [0.29, 0.717) is 13.0 Å². The summed E-state index contributed by atoms with van der Waals surface area (Å²) in [4.78, 5) is 18.5. The number of hydrogen-bond donors (Lipinski definition) is 0. The minimum atomic E-state index is 0.232. The van der Waals surface area contributed by atoms with Gasteiger partial charge in [0.05, 0.1) is 6.54 Å². The van der Waals surface area contributed by atoms with E-state index in [-0.39, 0.29) is 5.78 Å². The Bertz CT molecular complexity index is 605. The number of benzene rings is 1. The number of hydrogen-bond acceptors (Lipinski definition) is 4. The van der Waals surface area contributed by atoms with Crippen molar-refractivity contribution in [3.8, 4) is 0 Å². The second-order valence-corrected chi connectivity index (χ2v) is 4.77. The van der Waals surface area contributed by atoms with Crippen molar-refractivity contribution in [1.82, 2.24) is 14.8 Å². The van der Waals surface area contributed by atoms with Gasteiger partial charge in [0, 0.05) is 31.3 Å². The molecule has 5 heteroatoms. The van der Waals surface area contributed by atoms with Crippen LogP contribution in [0.25, 0.3) is 0 Å². The zero-order chi connectivity index (χ0) is 13.2. The molecule has 0 N–H and O–H groups in total. The van der Waals surface area contributed by atoms with Gasteiger partial charge in [0.1, 0.15) is 12.2 Å². The average molecular weight is 256 g/mol. The normalized spacial score (nSPS) is 15.2. The molecule has 0 spiro atoms. The SMILES string of the molecule is Cn1ncnc1CN1CCCC(=O)c2ccccc21. The van der Waals surface area contributed by atoms with E-state index in [1.165, 1.54) is 0 Å². The highest BCUT2D eigenvalue weighted by Crippen LogP contribution is 2.27. The maximum absolute atomic E-state index is 12.1. The van der Waals surface area contributed by atoms with Gasteiger partial charge >= 0.3 is 0 Å². The summed E-state index contributed by atoms with van der Waals surface area (Å²) in [5.41, 5.74) is 1.83. The Morgan fingerprint density at radius 1 is 1.32 bits per heavy atom. The van der Waals surface area contributed by atoms with Crippen molar-refractivity contribution in [2.45, 2.75) is 19.4 Å². The van der Waals surface area contributed by atoms with Gasteiger partial charge in [0.15, 0.2) is 5.78 Å². The van der Waals surface area contributed by atoms with Crippen molar-refractivity contribution < 1.29 is 4.79 Å². The zero-order valence-corrected chi connectivity index (χ0v) is 10.9. The molecule has 1 aromatic heterocycles. The van der Waals surface area contributed by atoms with Crippen LogP contribution >= 0.6 is 0 Å². The first kappa shape index (κ1) is 11.9. The summed E-state index contributed by atoms with van der Waals surface area (Å²) < 4.78 is 1.77. The Labute approximate surface area is 111 Å². The lowest BCUT2D eigenvalue weighted by Crippen LogP contribution is -2.25. The molecule has 98 valence electrons. The predicted molar refractivity (Wildman–Crippen MR) is 72.1 cm³/mol. The number of fused-ring (bicyclic) bond motifs is 1. The molecule has 0 amide bonds. The fourth-order valence-electron chi connectivity index (χ4n) is 2.47. The molecule has 0 saturated carbocycles. The monoisotopic (exact) mass is 256 g/mol. The number of para-hydroxylation sites is 1. The number of carbonyl (C=O) groups excluding carboxylic acids is 1. The van der Waals surface area contributed by atoms with Crippen LogP contribution in [0.15, 0.2) is 30.6 Å². The summed E-state index contributed by atoms with van der Waals surface area (Å²) >= 11 is 0. The first-order valence-electron chi connectivity index (χ1n) is 6.46. The van der Waals surface area contributed by atoms with E-state index in [1.807, 2.05) is 31.3 Å². The maximum Gasteiger partial charge on any atom is 0.165 e. The van der Waals surface area contributed by atoms with Crippen LogP contribution in [0.4, 0.5) is 5.69 Å². The fraction of sp³-hybridized carbons (Fsp3) is 0.357. The number of Topliss-reactive ketones (excluding diaryl/α,β-unsaturated/α-hetero) is 1. The van der Waals surface area contributed by atoms with E-state index in [4.69, 9.17) is 0 Å². The highest BCUT2D eigenvalue weighted by atomic mass is 16.1. The van der Waals surface area contributed by atoms with Crippen molar-refractivity contribution in [2.24, 2.45) is 7.05 Å². The first-order valence-corrected chi connectivity index (χ1v) is 6.46. The molecule has 0 bridgehead atoms. The molecule has 0 aliphatic carbocycles. The smallest absolute Gasteiger partial charge is 0.165 e. The topological polar surface area (TPSA) is 51.0 Å². The van der Waals surface area contributed by atoms with Gasteiger partial charge in [-0.05, 0) is 18.6 Å². The molecular weight excluding hydrogens is 240 g/mol. The Morgan fingerprint density at radius 2 is 2.16 bits per heavy atom. The van der Waals surface area contributed by atoms with Crippen LogP contribution in [-0.4, -0.2) is 27.1 Å². The largest absolute Gasteiger partial charge is 0.363 e. The van der Waals surface area contributed by atoms with Gasteiger partial charge in [-0.15, -0.1) is 0 Å². The molecule has 0 fully saturated rings. The van der Waals surface area contributed by atoms with Gasteiger partial charge in [-0.3, -0.25) is 9.48 Å². The van der Waals surface area contributed by atoms with Crippen molar-refractivity contribution in [1.29, 1.82) is 0 Å². The maximum atomic E-state index is 12.1. The average Bonchev–Trinajstić information content (AvgIpc) is 2.75. The molecule has 19 heavy (non-hydrogen) atoms. The third kappa shape index (κ3) is 2.23. The number of aryl methyl sites for hydroxylation is 1. The molecule has 2 heterocycles. The highest BCUT2D eigenvalue weighted by molar-refractivity contribution is 6.01. The number of rotatable bonds is 2. The fourth-order valence-corrected chi connectivity index (χ4v) is 2.47. The van der Waals surface area contributed by atoms with E-state index in [0.717, 1.165) is 30.0 Å². The van der Waals surface area contributed by atoms with Crippen LogP contribution in [-0.2, 0) is 13.6 Å². The number of anilines is 1. The van der Waals surface area contributed by atoms with E-state index in [9.17, 15) is 4.79 Å². The number of nitrogens with zero attached hydrogens (tertiary/aromatic N) is 4. The third-order valence-electron chi connectivity index (χ3n) is 3.51. The van der Waals surface area contributed by atoms with Crippen LogP contribution < -0.4 is 4.90 Å². The molecule has 2 aromatic rings. The second-order valence-electron chi connectivity index (χ2n) is 4.77. The molecule has 0 atom stereocenters. The first-order chi connectivity index (χ1) is 9.25. The molecule has 1 aromatic carbocycles. The van der Waals surface area contributed by atoms with Gasteiger partial charge in [-0.25, -0.2) is 4.98 Å². The van der Waals surface area contributed by atoms with Crippen LogP contribution in [0.3, 0.4) is 0 Å². The van der Waals surface area contributed by atoms with E-state index >= 15 is 0 Å². The molecule has 0 radical (unpaired) electrons. The lowest BCUT2D eigenvalue weighted by Gasteiger charge is -2.23. The third-order valence-corrected chi connectivity index (χ3v) is 3.51. The van der Waals surface area contributed by atoms with Crippen LogP contribution in [0.1, 0.15) is 29.0 Å². The standard InChI is InChI=1S/C14H16N4O/c1-17-14(15-10-16-17)9-18-8-4-7-13(19)11-5-2-3-6-12(11)18/h2-3,5-6,10H,4,7-9H2,1H3. The van der Waals surface area contributed by atoms with Crippen molar-refractivity contribution in [2.75, 3.05) is 11.4 Å². The lowest BCUT2D eigenvalue weighted by molar-refractivity contribution is 0.0984. The summed E-state index contributed by atoms with van der Waals surface area (Å²) in [5, 5.41) is 4.09. The van der Waals surface area contributed by atoms with Crippen molar-refractivity contribution >= 4 is 11.5 Å². The Kier molecular flexibility index (Phi) is 3.03. The van der Waals surface area contributed by atoms with Gasteiger partial charge in [-0.1, -0.05) is 12.1 Å². The van der Waals surface area contributed by atoms with Crippen molar-refractivity contribution in [3.05, 3.63) is 42.0 Å². The van der Waals surface area contributed by atoms with Crippen LogP contribution in [0.5, 0.6) is 0 Å². The Balaban J connectivity index is 1.95. The van der Waals surface area contributed by atoms with E-state index in [2.05, 4.69) is 15.0 Å². The minimum Gasteiger partial charge on any atom is -0.363 e. The molecule has 1 aliphatic heterocycles. The summed E-state index contributed by atoms with van der Waals surface area (Å²) in [7, 11) is 1.89. The molecule has 0 unspecified atom stereocenters. The summed E-state index contributed by atoms with van der Waals surface area (Å²) in [6.45, 7) is 1.55. The Hall–Kier alpha value is -2.17. The van der Waals surface area contributed by atoms with Crippen molar-refractivity contribution in [3.63, 3.8) is 0 Å². The number of aromatic nitrogens is 3. The van der Waals surface area contributed by atoms with Crippen LogP contribution in [0.2, 0.25) is 0 Å². The molecule has 3 rings (SSSR count). The van der Waals surface area contributed by atoms with Gasteiger partial charge in [0.25, 0.3) is 0 Å². The van der Waals surface area contributed by atoms with Gasteiger partial charge in [-0.2, -0.15) is 5.10 Å². The van der Waals surface area contributed by atoms with E-state index in [1.54, 1.807) is 11.0 Å². The van der Waals surface area contributed by atoms with Crippen LogP contribution in [0, 0.1) is 0 Å². The quantitative estimate of drug-likeness (QED) is 0.822. The summed E-state index contributed by atoms with van der Waals surface area (Å²) in [6, 6.07) is 7.81. The zero-order valence-electron chi connectivity index (χ0n) is 10.9. The van der Waals surface area contributed by atoms with Gasteiger partial charge < -0.3 is 4.90 Å². The Morgan fingerprint density at radius 3 is 2.95 bits per heavy atom. The number of carbonyl (C=O) groups is 1. The predicted octanol–water partition coefficient (Wildman–Crippen LogP) is 1.80. The van der Waals surface area contributed by atoms with Gasteiger partial charge in [0.2, 0.25) is 0 Å².